The Hall–Kier alpha value is -3.72. The molecule has 0 bridgehead atoms. The molecule has 0 aliphatic carbocycles. The Morgan fingerprint density at radius 2 is 1.15 bits per heavy atom. The Morgan fingerprint density at radius 3 is 1.85 bits per heavy atom. The first-order valence-electron chi connectivity index (χ1n) is 11.6. The number of ether oxygens (including phenoxy) is 3. The van der Waals surface area contributed by atoms with Gasteiger partial charge in [-0.1, -0.05) is 47.5 Å². The fourth-order valence-corrected chi connectivity index (χ4v) is 3.89. The molecule has 0 aliphatic rings. The predicted molar refractivity (Wildman–Crippen MR) is 139 cm³/mol. The van der Waals surface area contributed by atoms with Crippen molar-refractivity contribution in [3.63, 3.8) is 0 Å². The molecule has 0 heterocycles. The molecule has 34 heavy (non-hydrogen) atoms. The number of rotatable bonds is 6. The van der Waals surface area contributed by atoms with E-state index in [-0.39, 0.29) is 0 Å². The maximum absolute atomic E-state index is 6.55. The van der Waals surface area contributed by atoms with Crippen molar-refractivity contribution in [3.05, 3.63) is 106 Å². The van der Waals surface area contributed by atoms with Crippen LogP contribution in [0.3, 0.4) is 0 Å². The summed E-state index contributed by atoms with van der Waals surface area (Å²) in [6.07, 6.45) is 0. The molecule has 4 aromatic rings. The van der Waals surface area contributed by atoms with Crippen LogP contribution in [0.1, 0.15) is 38.9 Å². The van der Waals surface area contributed by atoms with Crippen molar-refractivity contribution in [2.24, 2.45) is 0 Å². The van der Waals surface area contributed by atoms with Crippen molar-refractivity contribution in [2.75, 3.05) is 0 Å². The van der Waals surface area contributed by atoms with Crippen LogP contribution >= 0.6 is 0 Å². The summed E-state index contributed by atoms with van der Waals surface area (Å²) >= 11 is 0. The smallest absolute Gasteiger partial charge is 0.176 e. The fraction of sp³-hybridized carbons (Fsp3) is 0.226. The van der Waals surface area contributed by atoms with E-state index < -0.39 is 0 Å². The second-order valence-corrected chi connectivity index (χ2v) is 9.06. The molecule has 0 radical (unpaired) electrons. The standard InChI is InChI=1S/C31H32O3/c1-19-11-14-26(15-12-19)32-30-23(5)18-29(33-27-16-13-20(2)17-22(27)4)25(7)31(30)34-28-10-8-9-21(3)24(28)6/h8-18H,1-7H3. The van der Waals surface area contributed by atoms with Gasteiger partial charge in [0.25, 0.3) is 0 Å². The number of hydrogen-bond acceptors (Lipinski definition) is 3. The molecule has 3 heteroatoms. The first kappa shape index (κ1) is 23.4. The van der Waals surface area contributed by atoms with Gasteiger partial charge in [-0.25, -0.2) is 0 Å². The van der Waals surface area contributed by atoms with Gasteiger partial charge in [0.2, 0.25) is 0 Å². The van der Waals surface area contributed by atoms with E-state index in [1.54, 1.807) is 0 Å². The fourth-order valence-electron chi connectivity index (χ4n) is 3.89. The summed E-state index contributed by atoms with van der Waals surface area (Å²) < 4.78 is 19.3. The zero-order valence-corrected chi connectivity index (χ0v) is 21.1. The lowest BCUT2D eigenvalue weighted by Gasteiger charge is -2.21. The average Bonchev–Trinajstić information content (AvgIpc) is 2.80. The normalized spacial score (nSPS) is 10.8. The Labute approximate surface area is 202 Å². The molecule has 0 aromatic heterocycles. The second-order valence-electron chi connectivity index (χ2n) is 9.06. The molecule has 174 valence electrons. The summed E-state index contributed by atoms with van der Waals surface area (Å²) in [7, 11) is 0. The maximum Gasteiger partial charge on any atom is 0.176 e. The first-order chi connectivity index (χ1) is 16.2. The Kier molecular flexibility index (Phi) is 6.65. The van der Waals surface area contributed by atoms with Crippen LogP contribution < -0.4 is 14.2 Å². The second kappa shape index (κ2) is 9.64. The van der Waals surface area contributed by atoms with Crippen molar-refractivity contribution in [1.82, 2.24) is 0 Å². The summed E-state index contributed by atoms with van der Waals surface area (Å²) in [5.41, 5.74) is 7.58. The van der Waals surface area contributed by atoms with Crippen LogP contribution in [0.15, 0.2) is 66.7 Å². The molecule has 4 aromatic carbocycles. The maximum atomic E-state index is 6.55. The molecule has 0 unspecified atom stereocenters. The minimum atomic E-state index is 0.661. The van der Waals surface area contributed by atoms with Crippen LogP contribution in [0.2, 0.25) is 0 Å². The lowest BCUT2D eigenvalue weighted by atomic mass is 10.1. The SMILES string of the molecule is Cc1ccc(Oc2c(C)cc(Oc3ccc(C)cc3C)c(C)c2Oc2cccc(C)c2C)cc1. The minimum absolute atomic E-state index is 0.661. The van der Waals surface area contributed by atoms with Crippen molar-refractivity contribution in [1.29, 1.82) is 0 Å². The lowest BCUT2D eigenvalue weighted by molar-refractivity contribution is 0.403. The molecule has 0 N–H and O–H groups in total. The van der Waals surface area contributed by atoms with E-state index in [1.807, 2.05) is 62.4 Å². The minimum Gasteiger partial charge on any atom is -0.457 e. The van der Waals surface area contributed by atoms with Gasteiger partial charge in [0.1, 0.15) is 23.0 Å². The topological polar surface area (TPSA) is 27.7 Å². The third-order valence-corrected chi connectivity index (χ3v) is 6.18. The van der Waals surface area contributed by atoms with Gasteiger partial charge >= 0.3 is 0 Å². The third-order valence-electron chi connectivity index (χ3n) is 6.18. The molecule has 0 fully saturated rings. The summed E-state index contributed by atoms with van der Waals surface area (Å²) in [4.78, 5) is 0. The van der Waals surface area contributed by atoms with Gasteiger partial charge in [-0.2, -0.15) is 0 Å². The van der Waals surface area contributed by atoms with Crippen LogP contribution in [0.4, 0.5) is 0 Å². The predicted octanol–water partition coefficient (Wildman–Crippen LogP) is 9.22. The monoisotopic (exact) mass is 452 g/mol. The summed E-state index contributed by atoms with van der Waals surface area (Å²) in [5.74, 6) is 4.50. The van der Waals surface area contributed by atoms with Gasteiger partial charge in [0.05, 0.1) is 0 Å². The molecule has 3 nitrogen and oxygen atoms in total. The van der Waals surface area contributed by atoms with Crippen LogP contribution in [0, 0.1) is 48.5 Å². The van der Waals surface area contributed by atoms with E-state index >= 15 is 0 Å². The largest absolute Gasteiger partial charge is 0.457 e. The zero-order valence-electron chi connectivity index (χ0n) is 21.1. The molecule has 0 amide bonds. The average molecular weight is 453 g/mol. The summed E-state index contributed by atoms with van der Waals surface area (Å²) in [6, 6.07) is 22.4. The molecule has 0 aliphatic heterocycles. The van der Waals surface area contributed by atoms with Crippen molar-refractivity contribution >= 4 is 0 Å². The van der Waals surface area contributed by atoms with Crippen molar-refractivity contribution < 1.29 is 14.2 Å². The molecular formula is C31H32O3. The van der Waals surface area contributed by atoms with E-state index in [9.17, 15) is 0 Å². The summed E-state index contributed by atoms with van der Waals surface area (Å²) in [5, 5.41) is 0. The lowest BCUT2D eigenvalue weighted by Crippen LogP contribution is -2.00. The molecule has 0 atom stereocenters. The van der Waals surface area contributed by atoms with Crippen LogP contribution in [-0.2, 0) is 0 Å². The van der Waals surface area contributed by atoms with E-state index in [1.165, 1.54) is 16.7 Å². The van der Waals surface area contributed by atoms with Crippen molar-refractivity contribution in [3.8, 4) is 34.5 Å². The van der Waals surface area contributed by atoms with Gasteiger partial charge in [0.15, 0.2) is 11.5 Å². The van der Waals surface area contributed by atoms with E-state index in [2.05, 4.69) is 52.8 Å². The highest BCUT2D eigenvalue weighted by Gasteiger charge is 2.21. The van der Waals surface area contributed by atoms with Gasteiger partial charge in [-0.05, 0) is 101 Å². The zero-order chi connectivity index (χ0) is 24.4. The Morgan fingerprint density at radius 1 is 0.441 bits per heavy atom. The van der Waals surface area contributed by atoms with Crippen LogP contribution in [0.25, 0.3) is 0 Å². The van der Waals surface area contributed by atoms with Gasteiger partial charge in [0, 0.05) is 5.56 Å². The highest BCUT2D eigenvalue weighted by Crippen LogP contribution is 2.46. The van der Waals surface area contributed by atoms with E-state index in [0.717, 1.165) is 45.3 Å². The van der Waals surface area contributed by atoms with Gasteiger partial charge in [-0.15, -0.1) is 0 Å². The van der Waals surface area contributed by atoms with Gasteiger partial charge < -0.3 is 14.2 Å². The number of aryl methyl sites for hydroxylation is 5. The molecule has 0 saturated heterocycles. The number of hydrogen-bond donors (Lipinski definition) is 0. The highest BCUT2D eigenvalue weighted by atomic mass is 16.5. The van der Waals surface area contributed by atoms with Crippen LogP contribution in [0.5, 0.6) is 34.5 Å². The van der Waals surface area contributed by atoms with E-state index in [0.29, 0.717) is 11.5 Å². The first-order valence-corrected chi connectivity index (χ1v) is 11.6. The van der Waals surface area contributed by atoms with Crippen LogP contribution in [-0.4, -0.2) is 0 Å². The molecular weight excluding hydrogens is 420 g/mol. The van der Waals surface area contributed by atoms with E-state index in [4.69, 9.17) is 14.2 Å². The molecule has 0 saturated carbocycles. The number of benzene rings is 4. The molecule has 4 rings (SSSR count). The van der Waals surface area contributed by atoms with Gasteiger partial charge in [-0.3, -0.25) is 0 Å². The van der Waals surface area contributed by atoms with Crippen molar-refractivity contribution in [2.45, 2.75) is 48.5 Å². The third kappa shape index (κ3) is 4.94. The highest BCUT2D eigenvalue weighted by molar-refractivity contribution is 5.61. The Bertz CT molecular complexity index is 1330. The summed E-state index contributed by atoms with van der Waals surface area (Å²) in [6.45, 7) is 14.4. The molecule has 0 spiro atoms. The quantitative estimate of drug-likeness (QED) is 0.292. The Balaban J connectivity index is 1.82.